The van der Waals surface area contributed by atoms with Crippen molar-refractivity contribution in [3.05, 3.63) is 58.1 Å². The molecule has 1 aliphatic rings. The molecule has 0 saturated heterocycles. The van der Waals surface area contributed by atoms with E-state index in [0.717, 1.165) is 11.1 Å². The Hall–Kier alpha value is -2.14. The quantitative estimate of drug-likeness (QED) is 0.842. The van der Waals surface area contributed by atoms with Gasteiger partial charge in [-0.2, -0.15) is 4.98 Å². The van der Waals surface area contributed by atoms with Gasteiger partial charge in [0.25, 0.3) is 0 Å². The Kier molecular flexibility index (Phi) is 2.83. The second kappa shape index (κ2) is 4.51. The molecule has 0 bridgehead atoms. The first-order valence-electron chi connectivity index (χ1n) is 6.25. The first-order chi connectivity index (χ1) is 9.15. The first-order valence-corrected chi connectivity index (χ1v) is 6.25. The van der Waals surface area contributed by atoms with Crippen LogP contribution in [0.1, 0.15) is 29.6 Å². The molecule has 19 heavy (non-hydrogen) atoms. The van der Waals surface area contributed by atoms with Crippen LogP contribution < -0.4 is 11.4 Å². The predicted molar refractivity (Wildman–Crippen MR) is 71.7 cm³/mol. The number of fused-ring (bicyclic) bond motifs is 1. The summed E-state index contributed by atoms with van der Waals surface area (Å²) in [5.41, 5.74) is 7.19. The van der Waals surface area contributed by atoms with Gasteiger partial charge in [-0.3, -0.25) is 4.57 Å². The molecule has 1 aliphatic carbocycles. The number of nitrogens with two attached hydrogens (primary N) is 1. The molecule has 3 rings (SSSR count). The summed E-state index contributed by atoms with van der Waals surface area (Å²) >= 11 is 0. The van der Waals surface area contributed by atoms with Crippen LogP contribution in [0.15, 0.2) is 41.3 Å². The fraction of sp³-hybridized carbons (Fsp3) is 0.286. The zero-order valence-electron chi connectivity index (χ0n) is 10.4. The maximum absolute atomic E-state index is 11.7. The van der Waals surface area contributed by atoms with Crippen molar-refractivity contribution in [2.45, 2.75) is 25.0 Å². The van der Waals surface area contributed by atoms with Gasteiger partial charge in [0, 0.05) is 18.7 Å². The predicted octanol–water partition coefficient (Wildman–Crippen LogP) is 1.05. The third-order valence-corrected chi connectivity index (χ3v) is 3.62. The van der Waals surface area contributed by atoms with Crippen molar-refractivity contribution >= 4 is 5.82 Å². The van der Waals surface area contributed by atoms with Crippen LogP contribution in [0.4, 0.5) is 5.82 Å². The van der Waals surface area contributed by atoms with Gasteiger partial charge in [0.15, 0.2) is 0 Å². The second-order valence-corrected chi connectivity index (χ2v) is 4.86. The Bertz CT molecular complexity index is 666. The van der Waals surface area contributed by atoms with Gasteiger partial charge in [0.1, 0.15) is 5.82 Å². The molecule has 98 valence electrons. The first kappa shape index (κ1) is 11.9. The van der Waals surface area contributed by atoms with Gasteiger partial charge in [0.05, 0.1) is 6.10 Å². The maximum atomic E-state index is 11.7. The number of hydrogen-bond acceptors (Lipinski definition) is 4. The molecule has 0 amide bonds. The van der Waals surface area contributed by atoms with Gasteiger partial charge in [-0.15, -0.1) is 0 Å². The Labute approximate surface area is 110 Å². The van der Waals surface area contributed by atoms with Crippen LogP contribution in [0.25, 0.3) is 0 Å². The lowest BCUT2D eigenvalue weighted by Crippen LogP contribution is -2.25. The minimum absolute atomic E-state index is 0.134. The fourth-order valence-electron chi connectivity index (χ4n) is 2.70. The van der Waals surface area contributed by atoms with Crippen molar-refractivity contribution < 1.29 is 5.11 Å². The molecule has 1 aromatic carbocycles. The Morgan fingerprint density at radius 1 is 1.32 bits per heavy atom. The van der Waals surface area contributed by atoms with Gasteiger partial charge in [-0.05, 0) is 23.6 Å². The summed E-state index contributed by atoms with van der Waals surface area (Å²) in [5.74, 6) is 0.363. The average Bonchev–Trinajstić information content (AvgIpc) is 2.71. The van der Waals surface area contributed by atoms with Crippen LogP contribution in [0, 0.1) is 0 Å². The lowest BCUT2D eigenvalue weighted by molar-refractivity contribution is 0.170. The zero-order valence-corrected chi connectivity index (χ0v) is 10.4. The molecule has 2 aromatic rings. The van der Waals surface area contributed by atoms with E-state index in [1.807, 2.05) is 24.3 Å². The van der Waals surface area contributed by atoms with Crippen molar-refractivity contribution in [2.24, 2.45) is 0 Å². The standard InChI is InChI=1S/C14H15N3O2/c15-13-5-6-17(14(19)16-13)8-9-7-12(18)11-4-2-1-3-10(9)11/h1-6,9,12,18H,7-8H2,(H2,15,16,19)/t9-,12-/m0/s1. The van der Waals surface area contributed by atoms with Crippen LogP contribution >= 0.6 is 0 Å². The number of anilines is 1. The Morgan fingerprint density at radius 2 is 2.05 bits per heavy atom. The SMILES string of the molecule is Nc1ccn(C[C@@H]2C[C@H](O)c3ccccc32)c(=O)n1. The van der Waals surface area contributed by atoms with Crippen LogP contribution in [0.2, 0.25) is 0 Å². The van der Waals surface area contributed by atoms with Gasteiger partial charge in [-0.1, -0.05) is 24.3 Å². The third-order valence-electron chi connectivity index (χ3n) is 3.62. The van der Waals surface area contributed by atoms with E-state index in [2.05, 4.69) is 4.98 Å². The summed E-state index contributed by atoms with van der Waals surface area (Å²) in [5, 5.41) is 10.0. The summed E-state index contributed by atoms with van der Waals surface area (Å²) in [6, 6.07) is 9.42. The summed E-state index contributed by atoms with van der Waals surface area (Å²) < 4.78 is 1.54. The molecular formula is C14H15N3O2. The number of aromatic nitrogens is 2. The van der Waals surface area contributed by atoms with E-state index in [-0.39, 0.29) is 17.4 Å². The molecule has 5 nitrogen and oxygen atoms in total. The molecule has 1 heterocycles. The number of hydrogen-bond donors (Lipinski definition) is 2. The molecule has 0 aliphatic heterocycles. The molecule has 0 radical (unpaired) electrons. The third kappa shape index (κ3) is 2.13. The van der Waals surface area contributed by atoms with Crippen LogP contribution in [0.3, 0.4) is 0 Å². The lowest BCUT2D eigenvalue weighted by Gasteiger charge is -2.13. The van der Waals surface area contributed by atoms with E-state index < -0.39 is 6.10 Å². The van der Waals surface area contributed by atoms with Gasteiger partial charge >= 0.3 is 5.69 Å². The molecule has 0 saturated carbocycles. The van der Waals surface area contributed by atoms with Crippen LogP contribution in [-0.2, 0) is 6.54 Å². The maximum Gasteiger partial charge on any atom is 0.349 e. The molecule has 1 aromatic heterocycles. The fourth-order valence-corrected chi connectivity index (χ4v) is 2.70. The molecule has 0 unspecified atom stereocenters. The van der Waals surface area contributed by atoms with Crippen molar-refractivity contribution in [2.75, 3.05) is 5.73 Å². The topological polar surface area (TPSA) is 81.1 Å². The number of nitrogens with zero attached hydrogens (tertiary/aromatic N) is 2. The van der Waals surface area contributed by atoms with E-state index in [1.54, 1.807) is 12.3 Å². The summed E-state index contributed by atoms with van der Waals surface area (Å²) in [7, 11) is 0. The highest BCUT2D eigenvalue weighted by molar-refractivity contribution is 5.36. The van der Waals surface area contributed by atoms with Crippen LogP contribution in [-0.4, -0.2) is 14.7 Å². The number of rotatable bonds is 2. The summed E-state index contributed by atoms with van der Waals surface area (Å²) in [4.78, 5) is 15.4. The highest BCUT2D eigenvalue weighted by Crippen LogP contribution is 2.40. The molecule has 0 fully saturated rings. The second-order valence-electron chi connectivity index (χ2n) is 4.86. The van der Waals surface area contributed by atoms with Gasteiger partial charge in [-0.25, -0.2) is 4.79 Å². The molecule has 5 heteroatoms. The number of aliphatic hydroxyl groups is 1. The number of benzene rings is 1. The minimum atomic E-state index is -0.446. The van der Waals surface area contributed by atoms with E-state index in [4.69, 9.17) is 5.73 Å². The number of nitrogen functional groups attached to an aromatic ring is 1. The Balaban J connectivity index is 1.91. The molecule has 0 spiro atoms. The van der Waals surface area contributed by atoms with Crippen molar-refractivity contribution in [3.63, 3.8) is 0 Å². The monoisotopic (exact) mass is 257 g/mol. The van der Waals surface area contributed by atoms with Gasteiger partial charge in [0.2, 0.25) is 0 Å². The van der Waals surface area contributed by atoms with E-state index in [9.17, 15) is 9.90 Å². The van der Waals surface area contributed by atoms with E-state index >= 15 is 0 Å². The molecular weight excluding hydrogens is 242 g/mol. The minimum Gasteiger partial charge on any atom is -0.388 e. The van der Waals surface area contributed by atoms with E-state index in [0.29, 0.717) is 13.0 Å². The van der Waals surface area contributed by atoms with Gasteiger partial charge < -0.3 is 10.8 Å². The average molecular weight is 257 g/mol. The molecule has 3 N–H and O–H groups in total. The van der Waals surface area contributed by atoms with E-state index in [1.165, 1.54) is 4.57 Å². The smallest absolute Gasteiger partial charge is 0.349 e. The normalized spacial score (nSPS) is 21.3. The highest BCUT2D eigenvalue weighted by Gasteiger charge is 2.29. The van der Waals surface area contributed by atoms with Crippen molar-refractivity contribution in [1.29, 1.82) is 0 Å². The summed E-state index contributed by atoms with van der Waals surface area (Å²) in [6.07, 6.45) is 1.84. The lowest BCUT2D eigenvalue weighted by atomic mass is 10.0. The van der Waals surface area contributed by atoms with Crippen molar-refractivity contribution in [3.8, 4) is 0 Å². The summed E-state index contributed by atoms with van der Waals surface area (Å²) in [6.45, 7) is 0.514. The van der Waals surface area contributed by atoms with Crippen LogP contribution in [0.5, 0.6) is 0 Å². The number of aliphatic hydroxyl groups excluding tert-OH is 1. The molecule has 2 atom stereocenters. The zero-order chi connectivity index (χ0) is 13.4. The Morgan fingerprint density at radius 3 is 2.79 bits per heavy atom. The largest absolute Gasteiger partial charge is 0.388 e. The van der Waals surface area contributed by atoms with Crippen molar-refractivity contribution in [1.82, 2.24) is 9.55 Å². The highest BCUT2D eigenvalue weighted by atomic mass is 16.3.